The van der Waals surface area contributed by atoms with Gasteiger partial charge in [0.15, 0.2) is 0 Å². The molecule has 2 fully saturated rings. The first-order chi connectivity index (χ1) is 11.8. The number of nitrogens with zero attached hydrogens (tertiary/aromatic N) is 1. The summed E-state index contributed by atoms with van der Waals surface area (Å²) in [6, 6.07) is 12.3. The van der Waals surface area contributed by atoms with Crippen molar-refractivity contribution in [2.75, 3.05) is 7.11 Å². The topological polar surface area (TPSA) is 43.4 Å². The number of aromatic nitrogens is 1. The number of methoxy groups -OCH3 is 1. The zero-order valence-electron chi connectivity index (χ0n) is 14.1. The summed E-state index contributed by atoms with van der Waals surface area (Å²) in [5.41, 5.74) is 1.22. The quantitative estimate of drug-likeness (QED) is 0.792. The molecule has 1 heterocycles. The highest BCUT2D eigenvalue weighted by atomic mass is 16.5. The molecule has 0 radical (unpaired) electrons. The third-order valence-electron chi connectivity index (χ3n) is 4.88. The van der Waals surface area contributed by atoms with Crippen LogP contribution in [-0.2, 0) is 6.54 Å². The predicted molar refractivity (Wildman–Crippen MR) is 93.4 cm³/mol. The van der Waals surface area contributed by atoms with E-state index in [0.717, 1.165) is 29.9 Å². The third kappa shape index (κ3) is 3.88. The van der Waals surface area contributed by atoms with Gasteiger partial charge < -0.3 is 14.8 Å². The van der Waals surface area contributed by atoms with Crippen LogP contribution in [0.4, 0.5) is 0 Å². The van der Waals surface area contributed by atoms with E-state index in [1.807, 2.05) is 36.5 Å². The minimum atomic E-state index is 0.633. The highest BCUT2D eigenvalue weighted by molar-refractivity contribution is 5.34. The molecule has 4 nitrogen and oxygen atoms in total. The maximum Gasteiger partial charge on any atom is 0.219 e. The Bertz CT molecular complexity index is 666. The monoisotopic (exact) mass is 324 g/mol. The lowest BCUT2D eigenvalue weighted by atomic mass is 10.1. The Morgan fingerprint density at radius 2 is 1.71 bits per heavy atom. The zero-order chi connectivity index (χ0) is 16.4. The zero-order valence-corrected chi connectivity index (χ0v) is 14.1. The van der Waals surface area contributed by atoms with Crippen LogP contribution >= 0.6 is 0 Å². The van der Waals surface area contributed by atoms with E-state index < -0.39 is 0 Å². The van der Waals surface area contributed by atoms with Crippen LogP contribution in [0.2, 0.25) is 0 Å². The average Bonchev–Trinajstić information content (AvgIpc) is 3.50. The number of ether oxygens (including phenoxy) is 2. The molecule has 0 saturated heterocycles. The standard InChI is InChI=1S/C20H24N2O2/c1-23-17-6-8-18(9-7-17)24-19-12-14(10-11-21-19)13-22-20(15-2-3-15)16-4-5-16/h6-12,15-16,20,22H,2-5,13H2,1H3. The predicted octanol–water partition coefficient (Wildman–Crippen LogP) is 4.16. The van der Waals surface area contributed by atoms with Crippen molar-refractivity contribution in [3.8, 4) is 17.4 Å². The highest BCUT2D eigenvalue weighted by Gasteiger charge is 2.40. The summed E-state index contributed by atoms with van der Waals surface area (Å²) < 4.78 is 11.0. The van der Waals surface area contributed by atoms with Crippen molar-refractivity contribution in [3.05, 3.63) is 48.2 Å². The summed E-state index contributed by atoms with van der Waals surface area (Å²) in [5.74, 6) is 4.04. The molecule has 0 atom stereocenters. The van der Waals surface area contributed by atoms with Crippen LogP contribution in [0.1, 0.15) is 31.2 Å². The van der Waals surface area contributed by atoms with Gasteiger partial charge in [0.1, 0.15) is 11.5 Å². The van der Waals surface area contributed by atoms with E-state index in [1.165, 1.54) is 31.2 Å². The van der Waals surface area contributed by atoms with Gasteiger partial charge in [0, 0.05) is 24.8 Å². The van der Waals surface area contributed by atoms with Crippen molar-refractivity contribution in [2.24, 2.45) is 11.8 Å². The molecule has 1 aromatic heterocycles. The summed E-state index contributed by atoms with van der Waals surface area (Å²) >= 11 is 0. The summed E-state index contributed by atoms with van der Waals surface area (Å²) in [7, 11) is 1.66. The maximum absolute atomic E-state index is 5.85. The van der Waals surface area contributed by atoms with Crippen molar-refractivity contribution in [1.29, 1.82) is 0 Å². The van der Waals surface area contributed by atoms with Crippen molar-refractivity contribution in [2.45, 2.75) is 38.3 Å². The molecule has 2 aliphatic carbocycles. The lowest BCUT2D eigenvalue weighted by Crippen LogP contribution is -2.32. The Balaban J connectivity index is 1.37. The van der Waals surface area contributed by atoms with Crippen LogP contribution in [-0.4, -0.2) is 18.1 Å². The highest BCUT2D eigenvalue weighted by Crippen LogP contribution is 2.44. The second kappa shape index (κ2) is 6.81. The summed E-state index contributed by atoms with van der Waals surface area (Å²) in [4.78, 5) is 4.32. The Morgan fingerprint density at radius 1 is 1.04 bits per heavy atom. The van der Waals surface area contributed by atoms with Crippen molar-refractivity contribution < 1.29 is 9.47 Å². The first-order valence-electron chi connectivity index (χ1n) is 8.82. The van der Waals surface area contributed by atoms with E-state index in [4.69, 9.17) is 9.47 Å². The van der Waals surface area contributed by atoms with Crippen LogP contribution in [0.5, 0.6) is 17.4 Å². The van der Waals surface area contributed by atoms with Crippen LogP contribution in [0.3, 0.4) is 0 Å². The number of hydrogen-bond acceptors (Lipinski definition) is 4. The second-order valence-electron chi connectivity index (χ2n) is 6.86. The molecule has 0 aliphatic heterocycles. The van der Waals surface area contributed by atoms with E-state index >= 15 is 0 Å². The lowest BCUT2D eigenvalue weighted by molar-refractivity contribution is 0.411. The first kappa shape index (κ1) is 15.5. The van der Waals surface area contributed by atoms with E-state index in [0.29, 0.717) is 11.9 Å². The van der Waals surface area contributed by atoms with E-state index in [2.05, 4.69) is 16.4 Å². The van der Waals surface area contributed by atoms with Crippen molar-refractivity contribution in [1.82, 2.24) is 10.3 Å². The molecule has 0 amide bonds. The molecule has 2 aromatic rings. The fourth-order valence-electron chi connectivity index (χ4n) is 3.25. The van der Waals surface area contributed by atoms with Gasteiger partial charge in [-0.1, -0.05) is 0 Å². The summed E-state index contributed by atoms with van der Waals surface area (Å²) in [6.07, 6.45) is 7.42. The maximum atomic E-state index is 5.85. The van der Waals surface area contributed by atoms with Crippen molar-refractivity contribution in [3.63, 3.8) is 0 Å². The van der Waals surface area contributed by atoms with E-state index in [1.54, 1.807) is 7.11 Å². The van der Waals surface area contributed by atoms with Gasteiger partial charge in [-0.05, 0) is 73.4 Å². The van der Waals surface area contributed by atoms with Crippen LogP contribution in [0, 0.1) is 11.8 Å². The van der Waals surface area contributed by atoms with Gasteiger partial charge in [0.25, 0.3) is 0 Å². The molecule has 4 heteroatoms. The van der Waals surface area contributed by atoms with Gasteiger partial charge in [-0.2, -0.15) is 0 Å². The van der Waals surface area contributed by atoms with Crippen LogP contribution in [0.15, 0.2) is 42.6 Å². The lowest BCUT2D eigenvalue weighted by Gasteiger charge is -2.17. The summed E-state index contributed by atoms with van der Waals surface area (Å²) in [5, 5.41) is 3.77. The molecule has 1 N–H and O–H groups in total. The number of nitrogens with one attached hydrogen (secondary N) is 1. The smallest absolute Gasteiger partial charge is 0.219 e. The first-order valence-corrected chi connectivity index (χ1v) is 8.82. The van der Waals surface area contributed by atoms with Crippen LogP contribution in [0.25, 0.3) is 0 Å². The number of pyridine rings is 1. The molecule has 0 spiro atoms. The Morgan fingerprint density at radius 3 is 2.33 bits per heavy atom. The molecular weight excluding hydrogens is 300 g/mol. The van der Waals surface area contributed by atoms with Gasteiger partial charge in [-0.25, -0.2) is 4.98 Å². The van der Waals surface area contributed by atoms with Gasteiger partial charge >= 0.3 is 0 Å². The Kier molecular flexibility index (Phi) is 4.39. The normalized spacial score (nSPS) is 17.1. The van der Waals surface area contributed by atoms with E-state index in [9.17, 15) is 0 Å². The SMILES string of the molecule is COc1ccc(Oc2cc(CNC(C3CC3)C3CC3)ccn2)cc1. The molecule has 0 bridgehead atoms. The Labute approximate surface area is 143 Å². The average molecular weight is 324 g/mol. The number of rotatable bonds is 8. The molecule has 1 aromatic carbocycles. The largest absolute Gasteiger partial charge is 0.497 e. The summed E-state index contributed by atoms with van der Waals surface area (Å²) in [6.45, 7) is 0.888. The third-order valence-corrected chi connectivity index (χ3v) is 4.88. The molecule has 24 heavy (non-hydrogen) atoms. The van der Waals surface area contributed by atoms with Crippen molar-refractivity contribution >= 4 is 0 Å². The minimum Gasteiger partial charge on any atom is -0.497 e. The van der Waals surface area contributed by atoms with Gasteiger partial charge in [0.2, 0.25) is 5.88 Å². The molecular formula is C20H24N2O2. The second-order valence-corrected chi connectivity index (χ2v) is 6.86. The molecule has 0 unspecified atom stereocenters. The Hall–Kier alpha value is -2.07. The van der Waals surface area contributed by atoms with E-state index in [-0.39, 0.29) is 0 Å². The molecule has 2 saturated carbocycles. The number of hydrogen-bond donors (Lipinski definition) is 1. The molecule has 126 valence electrons. The molecule has 2 aliphatic rings. The molecule has 4 rings (SSSR count). The fraction of sp³-hybridized carbons (Fsp3) is 0.450. The van der Waals surface area contributed by atoms with Gasteiger partial charge in [0.05, 0.1) is 7.11 Å². The van der Waals surface area contributed by atoms with Crippen LogP contribution < -0.4 is 14.8 Å². The minimum absolute atomic E-state index is 0.633. The fourth-order valence-corrected chi connectivity index (χ4v) is 3.25. The van der Waals surface area contributed by atoms with Gasteiger partial charge in [-0.15, -0.1) is 0 Å². The number of benzene rings is 1. The van der Waals surface area contributed by atoms with Gasteiger partial charge in [-0.3, -0.25) is 0 Å².